The minimum absolute atomic E-state index is 0.449. The molecule has 0 radical (unpaired) electrons. The summed E-state index contributed by atoms with van der Waals surface area (Å²) in [5.41, 5.74) is 0.897. The van der Waals surface area contributed by atoms with Crippen LogP contribution in [0.2, 0.25) is 0 Å². The number of nitrogens with zero attached hydrogens (tertiary/aromatic N) is 1. The van der Waals surface area contributed by atoms with Crippen LogP contribution in [0.25, 0.3) is 10.8 Å². The van der Waals surface area contributed by atoms with Gasteiger partial charge in [0.15, 0.2) is 0 Å². The monoisotopic (exact) mass is 391 g/mol. The molecule has 0 bridgehead atoms. The van der Waals surface area contributed by atoms with Crippen LogP contribution < -0.4 is 4.74 Å². The fourth-order valence-corrected chi connectivity index (χ4v) is 2.81. The van der Waals surface area contributed by atoms with Crippen molar-refractivity contribution in [2.45, 2.75) is 6.61 Å². The molecule has 2 nitrogen and oxygen atoms in total. The maximum Gasteiger partial charge on any atom is 0.134 e. The average molecular weight is 393 g/mol. The largest absolute Gasteiger partial charge is 0.486 e. The van der Waals surface area contributed by atoms with Crippen molar-refractivity contribution in [2.24, 2.45) is 0 Å². The van der Waals surface area contributed by atoms with Gasteiger partial charge in [-0.1, -0.05) is 30.3 Å². The number of hydrogen-bond donors (Lipinski definition) is 0. The van der Waals surface area contributed by atoms with Crippen molar-refractivity contribution < 1.29 is 4.74 Å². The van der Waals surface area contributed by atoms with Crippen molar-refractivity contribution >= 4 is 42.6 Å². The number of benzene rings is 2. The Morgan fingerprint density at radius 1 is 0.950 bits per heavy atom. The van der Waals surface area contributed by atoms with E-state index < -0.39 is 0 Å². The topological polar surface area (TPSA) is 22.1 Å². The number of fused-ring (bicyclic) bond motifs is 1. The van der Waals surface area contributed by atoms with Gasteiger partial charge in [0.2, 0.25) is 0 Å². The molecule has 1 aromatic heterocycles. The highest BCUT2D eigenvalue weighted by atomic mass is 79.9. The van der Waals surface area contributed by atoms with Crippen molar-refractivity contribution in [1.29, 1.82) is 0 Å². The van der Waals surface area contributed by atoms with E-state index in [-0.39, 0.29) is 0 Å². The van der Waals surface area contributed by atoms with Gasteiger partial charge in [0, 0.05) is 10.7 Å². The molecule has 0 aliphatic carbocycles. The van der Waals surface area contributed by atoms with E-state index in [2.05, 4.69) is 55.0 Å². The van der Waals surface area contributed by atoms with Crippen molar-refractivity contribution in [3.63, 3.8) is 0 Å². The predicted octanol–water partition coefficient (Wildman–Crippen LogP) is 5.34. The zero-order valence-electron chi connectivity index (χ0n) is 10.5. The quantitative estimate of drug-likeness (QED) is 0.600. The Morgan fingerprint density at radius 3 is 2.60 bits per heavy atom. The number of rotatable bonds is 3. The predicted molar refractivity (Wildman–Crippen MR) is 87.9 cm³/mol. The van der Waals surface area contributed by atoms with Gasteiger partial charge in [0.25, 0.3) is 0 Å². The molecule has 3 aromatic rings. The third kappa shape index (κ3) is 2.86. The summed E-state index contributed by atoms with van der Waals surface area (Å²) in [6, 6.07) is 16.1. The van der Waals surface area contributed by atoms with Gasteiger partial charge in [0.1, 0.15) is 12.4 Å². The molecule has 0 spiro atoms. The van der Waals surface area contributed by atoms with Crippen LogP contribution in [0.4, 0.5) is 0 Å². The molecular formula is C16H11Br2NO. The molecule has 0 amide bonds. The van der Waals surface area contributed by atoms with Crippen LogP contribution in [-0.4, -0.2) is 4.98 Å². The number of ether oxygens (including phenoxy) is 1. The van der Waals surface area contributed by atoms with E-state index in [1.54, 1.807) is 6.20 Å². The van der Waals surface area contributed by atoms with Crippen LogP contribution in [0.5, 0.6) is 5.75 Å². The first-order valence-corrected chi connectivity index (χ1v) is 7.73. The lowest BCUT2D eigenvalue weighted by Crippen LogP contribution is -1.98. The van der Waals surface area contributed by atoms with Gasteiger partial charge >= 0.3 is 0 Å². The fraction of sp³-hybridized carbons (Fsp3) is 0.0625. The minimum Gasteiger partial charge on any atom is -0.486 e. The summed E-state index contributed by atoms with van der Waals surface area (Å²) >= 11 is 6.98. The smallest absolute Gasteiger partial charge is 0.134 e. The summed E-state index contributed by atoms with van der Waals surface area (Å²) in [6.07, 6.45) is 1.77. The molecule has 0 saturated carbocycles. The fourth-order valence-electron chi connectivity index (χ4n) is 1.97. The molecule has 20 heavy (non-hydrogen) atoms. The van der Waals surface area contributed by atoms with Gasteiger partial charge in [-0.3, -0.25) is 4.98 Å². The van der Waals surface area contributed by atoms with E-state index in [1.165, 1.54) is 5.39 Å². The lowest BCUT2D eigenvalue weighted by molar-refractivity contribution is 0.300. The van der Waals surface area contributed by atoms with Crippen molar-refractivity contribution in [3.05, 3.63) is 69.4 Å². The third-order valence-corrected chi connectivity index (χ3v) is 4.28. The zero-order valence-corrected chi connectivity index (χ0v) is 13.7. The van der Waals surface area contributed by atoms with E-state index >= 15 is 0 Å². The summed E-state index contributed by atoms with van der Waals surface area (Å²) in [7, 11) is 0. The highest BCUT2D eigenvalue weighted by molar-refractivity contribution is 9.11. The van der Waals surface area contributed by atoms with Gasteiger partial charge in [0.05, 0.1) is 10.2 Å². The normalized spacial score (nSPS) is 10.7. The number of hydrogen-bond acceptors (Lipinski definition) is 2. The molecule has 0 fully saturated rings. The van der Waals surface area contributed by atoms with Gasteiger partial charge in [-0.2, -0.15) is 0 Å². The summed E-state index contributed by atoms with van der Waals surface area (Å²) in [5, 5.41) is 2.34. The van der Waals surface area contributed by atoms with Crippen LogP contribution in [-0.2, 0) is 6.61 Å². The van der Waals surface area contributed by atoms with Gasteiger partial charge in [-0.05, 0) is 60.8 Å². The molecule has 0 saturated heterocycles. The lowest BCUT2D eigenvalue weighted by Gasteiger charge is -2.10. The van der Waals surface area contributed by atoms with Gasteiger partial charge in [-0.25, -0.2) is 0 Å². The lowest BCUT2D eigenvalue weighted by atomic mass is 10.1. The van der Waals surface area contributed by atoms with Gasteiger partial charge < -0.3 is 4.74 Å². The summed E-state index contributed by atoms with van der Waals surface area (Å²) in [4.78, 5) is 4.30. The van der Waals surface area contributed by atoms with Crippen molar-refractivity contribution in [3.8, 4) is 5.75 Å². The maximum absolute atomic E-state index is 5.85. The first-order chi connectivity index (χ1) is 9.74. The van der Waals surface area contributed by atoms with E-state index in [4.69, 9.17) is 4.74 Å². The molecule has 100 valence electrons. The Morgan fingerprint density at radius 2 is 1.80 bits per heavy atom. The van der Waals surface area contributed by atoms with Crippen LogP contribution in [0.3, 0.4) is 0 Å². The second-order valence-corrected chi connectivity index (χ2v) is 6.06. The number of halogens is 2. The molecular weight excluding hydrogens is 382 g/mol. The second kappa shape index (κ2) is 5.94. The average Bonchev–Trinajstić information content (AvgIpc) is 2.49. The van der Waals surface area contributed by atoms with Crippen LogP contribution >= 0.6 is 31.9 Å². The van der Waals surface area contributed by atoms with E-state index in [9.17, 15) is 0 Å². The first kappa shape index (κ1) is 13.6. The standard InChI is InChI=1S/C16H11Br2NO/c17-12-6-7-13(19-9-12)10-20-15-8-5-11-3-1-2-4-14(11)16(15)18/h1-9H,10H2. The van der Waals surface area contributed by atoms with Crippen molar-refractivity contribution in [2.75, 3.05) is 0 Å². The Bertz CT molecular complexity index is 741. The number of pyridine rings is 1. The molecule has 0 aliphatic rings. The molecule has 0 aliphatic heterocycles. The summed E-state index contributed by atoms with van der Waals surface area (Å²) in [5.74, 6) is 0.827. The summed E-state index contributed by atoms with van der Waals surface area (Å²) < 4.78 is 7.79. The molecule has 3 rings (SSSR count). The van der Waals surface area contributed by atoms with Crippen LogP contribution in [0.15, 0.2) is 63.7 Å². The summed E-state index contributed by atoms with van der Waals surface area (Å²) in [6.45, 7) is 0.449. The zero-order chi connectivity index (χ0) is 13.9. The van der Waals surface area contributed by atoms with Crippen LogP contribution in [0.1, 0.15) is 5.69 Å². The highest BCUT2D eigenvalue weighted by Crippen LogP contribution is 2.33. The third-order valence-electron chi connectivity index (χ3n) is 2.99. The molecule has 0 unspecified atom stereocenters. The molecule has 2 aromatic carbocycles. The molecule has 0 N–H and O–H groups in total. The Hall–Kier alpha value is -1.39. The highest BCUT2D eigenvalue weighted by Gasteiger charge is 2.06. The molecule has 4 heteroatoms. The van der Waals surface area contributed by atoms with Crippen LogP contribution in [0, 0.1) is 0 Å². The second-order valence-electron chi connectivity index (χ2n) is 4.36. The van der Waals surface area contributed by atoms with E-state index in [0.29, 0.717) is 6.61 Å². The minimum atomic E-state index is 0.449. The van der Waals surface area contributed by atoms with E-state index in [0.717, 1.165) is 25.8 Å². The van der Waals surface area contributed by atoms with Crippen molar-refractivity contribution in [1.82, 2.24) is 4.98 Å². The first-order valence-electron chi connectivity index (χ1n) is 6.14. The molecule has 0 atom stereocenters. The molecule has 1 heterocycles. The van der Waals surface area contributed by atoms with Gasteiger partial charge in [-0.15, -0.1) is 0 Å². The maximum atomic E-state index is 5.85. The Balaban J connectivity index is 1.84. The van der Waals surface area contributed by atoms with E-state index in [1.807, 2.05) is 30.3 Å². The Labute approximate surface area is 134 Å². The number of aromatic nitrogens is 1. The SMILES string of the molecule is Brc1ccc(COc2ccc3ccccc3c2Br)nc1. The Kier molecular flexibility index (Phi) is 4.03.